The molecule has 0 atom stereocenters. The second-order valence-corrected chi connectivity index (χ2v) is 2.76. The van der Waals surface area contributed by atoms with Crippen molar-refractivity contribution in [3.8, 4) is 18.1 Å². The van der Waals surface area contributed by atoms with Gasteiger partial charge < -0.3 is 4.74 Å². The minimum absolute atomic E-state index is 0.337. The van der Waals surface area contributed by atoms with Crippen molar-refractivity contribution in [2.45, 2.75) is 13.8 Å². The third-order valence-electron chi connectivity index (χ3n) is 1.64. The highest BCUT2D eigenvalue weighted by molar-refractivity contribution is 5.35. The van der Waals surface area contributed by atoms with E-state index in [2.05, 4.69) is 18.9 Å². The van der Waals surface area contributed by atoms with Gasteiger partial charge in [-0.25, -0.2) is 0 Å². The van der Waals surface area contributed by atoms with E-state index in [-0.39, 0.29) is 0 Å². The summed E-state index contributed by atoms with van der Waals surface area (Å²) < 4.78 is 5.30. The van der Waals surface area contributed by atoms with Gasteiger partial charge in [0.25, 0.3) is 0 Å². The number of rotatable bonds is 2. The van der Waals surface area contributed by atoms with E-state index in [4.69, 9.17) is 11.2 Å². The van der Waals surface area contributed by atoms with Crippen LogP contribution in [0.25, 0.3) is 0 Å². The molecule has 1 nitrogen and oxygen atoms in total. The summed E-state index contributed by atoms with van der Waals surface area (Å²) in [6.45, 7) is 4.40. The number of benzene rings is 1. The average molecular weight is 160 g/mol. The Morgan fingerprint density at radius 3 is 2.75 bits per heavy atom. The second kappa shape index (κ2) is 3.82. The highest BCUT2D eigenvalue weighted by Gasteiger charge is 1.96. The largest absolute Gasteiger partial charge is 0.481 e. The number of aryl methyl sites for hydroxylation is 2. The summed E-state index contributed by atoms with van der Waals surface area (Å²) in [6, 6.07) is 6.03. The summed E-state index contributed by atoms with van der Waals surface area (Å²) in [5, 5.41) is 0. The summed E-state index contributed by atoms with van der Waals surface area (Å²) >= 11 is 0. The lowest BCUT2D eigenvalue weighted by molar-refractivity contribution is 0.367. The van der Waals surface area contributed by atoms with E-state index in [9.17, 15) is 0 Å². The predicted molar refractivity (Wildman–Crippen MR) is 50.2 cm³/mol. The minimum atomic E-state index is 0.337. The van der Waals surface area contributed by atoms with Crippen molar-refractivity contribution in [1.82, 2.24) is 0 Å². The summed E-state index contributed by atoms with van der Waals surface area (Å²) in [5.41, 5.74) is 2.37. The molecular weight excluding hydrogens is 148 g/mol. The summed E-state index contributed by atoms with van der Waals surface area (Å²) in [5.74, 6) is 3.31. The van der Waals surface area contributed by atoms with Gasteiger partial charge in [-0.3, -0.25) is 0 Å². The molecule has 0 saturated carbocycles. The Morgan fingerprint density at radius 1 is 1.42 bits per heavy atom. The van der Waals surface area contributed by atoms with Crippen LogP contribution in [0, 0.1) is 26.2 Å². The standard InChI is InChI=1S/C11H12O/c1-4-7-12-11-6-5-9(2)8-10(11)3/h1,5-6,8H,7H2,2-3H3. The predicted octanol–water partition coefficient (Wildman–Crippen LogP) is 2.32. The van der Waals surface area contributed by atoms with Crippen LogP contribution in [0.1, 0.15) is 11.1 Å². The molecule has 62 valence electrons. The minimum Gasteiger partial charge on any atom is -0.481 e. The molecule has 1 rings (SSSR count). The molecule has 0 heterocycles. The Bertz CT molecular complexity index is 307. The maximum Gasteiger partial charge on any atom is 0.148 e. The Kier molecular flexibility index (Phi) is 2.76. The van der Waals surface area contributed by atoms with Crippen molar-refractivity contribution >= 4 is 0 Å². The molecule has 0 saturated heterocycles. The van der Waals surface area contributed by atoms with E-state index >= 15 is 0 Å². The van der Waals surface area contributed by atoms with E-state index in [1.165, 1.54) is 5.56 Å². The first-order chi connectivity index (χ1) is 5.74. The topological polar surface area (TPSA) is 9.23 Å². The lowest BCUT2D eigenvalue weighted by atomic mass is 10.1. The number of terminal acetylenes is 1. The van der Waals surface area contributed by atoms with Crippen molar-refractivity contribution in [3.63, 3.8) is 0 Å². The first-order valence-electron chi connectivity index (χ1n) is 3.87. The van der Waals surface area contributed by atoms with Crippen LogP contribution in [-0.4, -0.2) is 6.61 Å². The molecule has 0 fully saturated rings. The average Bonchev–Trinajstić information content (AvgIpc) is 2.03. The monoisotopic (exact) mass is 160 g/mol. The third kappa shape index (κ3) is 2.03. The molecule has 0 bridgehead atoms. The van der Waals surface area contributed by atoms with Gasteiger partial charge in [0, 0.05) is 0 Å². The SMILES string of the molecule is C#CCOc1ccc(C)cc1C. The van der Waals surface area contributed by atoms with E-state index in [0.29, 0.717) is 6.61 Å². The van der Waals surface area contributed by atoms with Crippen LogP contribution in [0.4, 0.5) is 0 Å². The Balaban J connectivity index is 2.81. The molecule has 0 N–H and O–H groups in total. The number of hydrogen-bond acceptors (Lipinski definition) is 1. The Morgan fingerprint density at radius 2 is 2.17 bits per heavy atom. The van der Waals surface area contributed by atoms with Crippen molar-refractivity contribution < 1.29 is 4.74 Å². The smallest absolute Gasteiger partial charge is 0.148 e. The van der Waals surface area contributed by atoms with Crippen LogP contribution in [0.5, 0.6) is 5.75 Å². The first kappa shape index (κ1) is 8.67. The quantitative estimate of drug-likeness (QED) is 0.603. The fourth-order valence-corrected chi connectivity index (χ4v) is 1.08. The summed E-state index contributed by atoms with van der Waals surface area (Å²) in [6.07, 6.45) is 5.08. The van der Waals surface area contributed by atoms with Gasteiger partial charge in [-0.2, -0.15) is 0 Å². The molecule has 1 aromatic rings. The normalized spacial score (nSPS) is 9.08. The maximum absolute atomic E-state index is 5.30. The molecule has 0 spiro atoms. The lowest BCUT2D eigenvalue weighted by Crippen LogP contribution is -1.95. The van der Waals surface area contributed by atoms with Crippen LogP contribution < -0.4 is 4.74 Å². The lowest BCUT2D eigenvalue weighted by Gasteiger charge is -2.06. The zero-order valence-electron chi connectivity index (χ0n) is 7.42. The van der Waals surface area contributed by atoms with E-state index in [1.807, 2.05) is 19.1 Å². The van der Waals surface area contributed by atoms with Gasteiger partial charge in [0.1, 0.15) is 12.4 Å². The molecule has 0 aromatic heterocycles. The van der Waals surface area contributed by atoms with Crippen LogP contribution in [0.3, 0.4) is 0 Å². The van der Waals surface area contributed by atoms with Crippen LogP contribution in [-0.2, 0) is 0 Å². The van der Waals surface area contributed by atoms with Crippen LogP contribution in [0.15, 0.2) is 18.2 Å². The van der Waals surface area contributed by atoms with Gasteiger partial charge in [0.15, 0.2) is 0 Å². The van der Waals surface area contributed by atoms with Crippen molar-refractivity contribution in [2.24, 2.45) is 0 Å². The molecule has 12 heavy (non-hydrogen) atoms. The van der Waals surface area contributed by atoms with Crippen molar-refractivity contribution in [2.75, 3.05) is 6.61 Å². The van der Waals surface area contributed by atoms with Gasteiger partial charge in [-0.05, 0) is 25.5 Å². The Hall–Kier alpha value is -1.42. The van der Waals surface area contributed by atoms with Crippen molar-refractivity contribution in [1.29, 1.82) is 0 Å². The van der Waals surface area contributed by atoms with Gasteiger partial charge in [-0.1, -0.05) is 23.6 Å². The van der Waals surface area contributed by atoms with Gasteiger partial charge in [0.2, 0.25) is 0 Å². The molecular formula is C11H12O. The zero-order chi connectivity index (χ0) is 8.97. The highest BCUT2D eigenvalue weighted by Crippen LogP contribution is 2.18. The highest BCUT2D eigenvalue weighted by atomic mass is 16.5. The maximum atomic E-state index is 5.30. The van der Waals surface area contributed by atoms with Gasteiger partial charge in [-0.15, -0.1) is 6.42 Å². The molecule has 0 amide bonds. The summed E-state index contributed by atoms with van der Waals surface area (Å²) in [4.78, 5) is 0. The second-order valence-electron chi connectivity index (χ2n) is 2.76. The molecule has 0 unspecified atom stereocenters. The molecule has 0 aliphatic carbocycles. The number of hydrogen-bond donors (Lipinski definition) is 0. The Labute approximate surface area is 73.4 Å². The fourth-order valence-electron chi connectivity index (χ4n) is 1.08. The van der Waals surface area contributed by atoms with E-state index in [0.717, 1.165) is 11.3 Å². The van der Waals surface area contributed by atoms with Gasteiger partial charge >= 0.3 is 0 Å². The van der Waals surface area contributed by atoms with Crippen LogP contribution >= 0.6 is 0 Å². The van der Waals surface area contributed by atoms with Crippen LogP contribution in [0.2, 0.25) is 0 Å². The van der Waals surface area contributed by atoms with E-state index in [1.54, 1.807) is 0 Å². The fraction of sp³-hybridized carbons (Fsp3) is 0.273. The molecule has 0 aliphatic rings. The van der Waals surface area contributed by atoms with Gasteiger partial charge in [0.05, 0.1) is 0 Å². The molecule has 0 radical (unpaired) electrons. The molecule has 1 aromatic carbocycles. The third-order valence-corrected chi connectivity index (χ3v) is 1.64. The first-order valence-corrected chi connectivity index (χ1v) is 3.87. The molecule has 1 heteroatoms. The zero-order valence-corrected chi connectivity index (χ0v) is 7.42. The molecule has 0 aliphatic heterocycles. The number of ether oxygens (including phenoxy) is 1. The summed E-state index contributed by atoms with van der Waals surface area (Å²) in [7, 11) is 0. The van der Waals surface area contributed by atoms with E-state index < -0.39 is 0 Å². The van der Waals surface area contributed by atoms with Crippen molar-refractivity contribution in [3.05, 3.63) is 29.3 Å².